The molecule has 0 heterocycles. The minimum atomic E-state index is -0.489. The Balaban J connectivity index is 2.63. The summed E-state index contributed by atoms with van der Waals surface area (Å²) in [7, 11) is 0. The van der Waals surface area contributed by atoms with Crippen LogP contribution in [-0.4, -0.2) is 12.6 Å². The van der Waals surface area contributed by atoms with Gasteiger partial charge >= 0.3 is 0 Å². The first kappa shape index (κ1) is 13.8. The third kappa shape index (κ3) is 4.64. The molecule has 17 heavy (non-hydrogen) atoms. The van der Waals surface area contributed by atoms with Crippen LogP contribution in [0.3, 0.4) is 0 Å². The zero-order chi connectivity index (χ0) is 12.7. The lowest BCUT2D eigenvalue weighted by molar-refractivity contribution is 0.276. The van der Waals surface area contributed by atoms with E-state index in [2.05, 4.69) is 12.2 Å². The van der Waals surface area contributed by atoms with E-state index >= 15 is 0 Å². The summed E-state index contributed by atoms with van der Waals surface area (Å²) < 4.78 is 5.36. The molecule has 92 valence electrons. The molecular weight excluding hydrogens is 236 g/mol. The van der Waals surface area contributed by atoms with Gasteiger partial charge in [-0.1, -0.05) is 24.6 Å². The van der Waals surface area contributed by atoms with Gasteiger partial charge < -0.3 is 10.1 Å². The maximum atomic E-state index is 8.66. The molecule has 1 aromatic carbocycles. The highest BCUT2D eigenvalue weighted by Gasteiger charge is 2.06. The number of rotatable bonds is 6. The average molecular weight is 253 g/mol. The van der Waals surface area contributed by atoms with E-state index in [0.717, 1.165) is 25.1 Å². The smallest absolute Gasteiger partial charge is 0.181 e. The van der Waals surface area contributed by atoms with Gasteiger partial charge in [0, 0.05) is 6.54 Å². The quantitative estimate of drug-likeness (QED) is 0.791. The minimum absolute atomic E-state index is 0.489. The van der Waals surface area contributed by atoms with Crippen molar-refractivity contribution in [3.63, 3.8) is 0 Å². The number of halogens is 1. The highest BCUT2D eigenvalue weighted by atomic mass is 35.5. The van der Waals surface area contributed by atoms with Crippen LogP contribution in [0.4, 0.5) is 0 Å². The van der Waals surface area contributed by atoms with Crippen molar-refractivity contribution in [1.82, 2.24) is 5.32 Å². The molecule has 0 bridgehead atoms. The van der Waals surface area contributed by atoms with E-state index in [-0.39, 0.29) is 0 Å². The Bertz CT molecular complexity index is 401. The van der Waals surface area contributed by atoms with E-state index in [9.17, 15) is 0 Å². The predicted molar refractivity (Wildman–Crippen MR) is 69.2 cm³/mol. The van der Waals surface area contributed by atoms with Crippen molar-refractivity contribution in [3.8, 4) is 11.8 Å². The van der Waals surface area contributed by atoms with Crippen LogP contribution in [-0.2, 0) is 6.54 Å². The Morgan fingerprint density at radius 2 is 2.29 bits per heavy atom. The lowest BCUT2D eigenvalue weighted by Crippen LogP contribution is -2.14. The maximum Gasteiger partial charge on any atom is 0.181 e. The third-order valence-electron chi connectivity index (χ3n) is 2.24. The highest BCUT2D eigenvalue weighted by molar-refractivity contribution is 6.32. The van der Waals surface area contributed by atoms with Crippen LogP contribution >= 0.6 is 11.6 Å². The first-order valence-electron chi connectivity index (χ1n) is 5.72. The number of nitrogens with one attached hydrogen (secondary N) is 1. The largest absolute Gasteiger partial charge is 0.474 e. The second-order valence-corrected chi connectivity index (χ2v) is 4.24. The summed E-state index contributed by atoms with van der Waals surface area (Å²) in [5.41, 5.74) is 1.11. The molecule has 1 rings (SSSR count). The zero-order valence-corrected chi connectivity index (χ0v) is 10.9. The number of hydrogen-bond acceptors (Lipinski definition) is 3. The van der Waals surface area contributed by atoms with Crippen molar-refractivity contribution >= 4 is 11.6 Å². The molecule has 0 fully saturated rings. The lowest BCUT2D eigenvalue weighted by atomic mass is 10.2. The monoisotopic (exact) mass is 252 g/mol. The summed E-state index contributed by atoms with van der Waals surface area (Å²) in [6.07, 6.45) is 0.616. The molecule has 0 amide bonds. The molecule has 1 unspecified atom stereocenters. The van der Waals surface area contributed by atoms with Crippen LogP contribution in [0.15, 0.2) is 18.2 Å². The van der Waals surface area contributed by atoms with Crippen molar-refractivity contribution in [2.75, 3.05) is 6.54 Å². The summed E-state index contributed by atoms with van der Waals surface area (Å²) in [5.74, 6) is 0.556. The van der Waals surface area contributed by atoms with Gasteiger partial charge in [-0.3, -0.25) is 0 Å². The van der Waals surface area contributed by atoms with Gasteiger partial charge in [0.25, 0.3) is 0 Å². The lowest BCUT2D eigenvalue weighted by Gasteiger charge is -2.11. The Hall–Kier alpha value is -1.24. The molecule has 1 N–H and O–H groups in total. The molecule has 0 spiro atoms. The van der Waals surface area contributed by atoms with E-state index in [1.807, 2.05) is 18.2 Å². The summed E-state index contributed by atoms with van der Waals surface area (Å²) >= 11 is 6.08. The highest BCUT2D eigenvalue weighted by Crippen LogP contribution is 2.26. The molecule has 0 saturated carbocycles. The van der Waals surface area contributed by atoms with Gasteiger partial charge in [-0.15, -0.1) is 0 Å². The van der Waals surface area contributed by atoms with E-state index < -0.39 is 6.10 Å². The number of ether oxygens (including phenoxy) is 1. The van der Waals surface area contributed by atoms with E-state index in [1.165, 1.54) is 0 Å². The second-order valence-electron chi connectivity index (χ2n) is 3.83. The fraction of sp³-hybridized carbons (Fsp3) is 0.462. The van der Waals surface area contributed by atoms with Gasteiger partial charge in [0.1, 0.15) is 11.8 Å². The number of nitriles is 1. The minimum Gasteiger partial charge on any atom is -0.474 e. The van der Waals surface area contributed by atoms with E-state index in [1.54, 1.807) is 13.0 Å². The number of nitrogens with zero attached hydrogens (tertiary/aromatic N) is 1. The molecule has 0 aliphatic rings. The molecular formula is C13H17ClN2O. The van der Waals surface area contributed by atoms with Gasteiger partial charge in [-0.2, -0.15) is 5.26 Å². The Labute approximate surface area is 107 Å². The van der Waals surface area contributed by atoms with Crippen LogP contribution in [0.1, 0.15) is 25.8 Å². The van der Waals surface area contributed by atoms with Crippen molar-refractivity contribution in [1.29, 1.82) is 5.26 Å². The molecule has 0 aromatic heterocycles. The van der Waals surface area contributed by atoms with Crippen molar-refractivity contribution < 1.29 is 4.74 Å². The summed E-state index contributed by atoms with van der Waals surface area (Å²) in [5, 5.41) is 12.5. The SMILES string of the molecule is CCCNCc1ccc(OC(C)C#N)c(Cl)c1. The molecule has 0 radical (unpaired) electrons. The molecule has 0 saturated heterocycles. The molecule has 0 aliphatic heterocycles. The summed E-state index contributed by atoms with van der Waals surface area (Å²) in [4.78, 5) is 0. The van der Waals surface area contributed by atoms with Gasteiger partial charge in [-0.25, -0.2) is 0 Å². The topological polar surface area (TPSA) is 45.0 Å². The fourth-order valence-corrected chi connectivity index (χ4v) is 1.62. The van der Waals surface area contributed by atoms with Crippen molar-refractivity contribution in [2.45, 2.75) is 32.9 Å². The number of hydrogen-bond donors (Lipinski definition) is 1. The Morgan fingerprint density at radius 1 is 1.53 bits per heavy atom. The van der Waals surface area contributed by atoms with Crippen molar-refractivity contribution in [2.24, 2.45) is 0 Å². The maximum absolute atomic E-state index is 8.66. The second kappa shape index (κ2) is 7.16. The van der Waals surface area contributed by atoms with Crippen LogP contribution in [0, 0.1) is 11.3 Å². The molecule has 3 nitrogen and oxygen atoms in total. The number of benzene rings is 1. The van der Waals surface area contributed by atoms with Crippen LogP contribution in [0.5, 0.6) is 5.75 Å². The third-order valence-corrected chi connectivity index (χ3v) is 2.53. The normalized spacial score (nSPS) is 11.9. The summed E-state index contributed by atoms with van der Waals surface area (Å²) in [6.45, 7) is 5.59. The standard InChI is InChI=1S/C13H17ClN2O/c1-3-6-16-9-11-4-5-13(12(14)7-11)17-10(2)8-15/h4-5,7,10,16H,3,6,9H2,1-2H3. The summed E-state index contributed by atoms with van der Waals surface area (Å²) in [6, 6.07) is 7.63. The van der Waals surface area contributed by atoms with Gasteiger partial charge in [-0.05, 0) is 37.6 Å². The van der Waals surface area contributed by atoms with E-state index in [4.69, 9.17) is 21.6 Å². The zero-order valence-electron chi connectivity index (χ0n) is 10.2. The predicted octanol–water partition coefficient (Wildman–Crippen LogP) is 3.13. The molecule has 1 atom stereocenters. The fourth-order valence-electron chi connectivity index (χ4n) is 1.38. The molecule has 1 aromatic rings. The van der Waals surface area contributed by atoms with Crippen LogP contribution in [0.2, 0.25) is 5.02 Å². The van der Waals surface area contributed by atoms with Gasteiger partial charge in [0.05, 0.1) is 5.02 Å². The Morgan fingerprint density at radius 3 is 2.88 bits per heavy atom. The molecule has 0 aliphatic carbocycles. The van der Waals surface area contributed by atoms with Crippen LogP contribution < -0.4 is 10.1 Å². The first-order valence-corrected chi connectivity index (χ1v) is 6.10. The van der Waals surface area contributed by atoms with Gasteiger partial charge in [0.2, 0.25) is 0 Å². The van der Waals surface area contributed by atoms with Gasteiger partial charge in [0.15, 0.2) is 6.10 Å². The van der Waals surface area contributed by atoms with E-state index in [0.29, 0.717) is 10.8 Å². The van der Waals surface area contributed by atoms with Crippen LogP contribution in [0.25, 0.3) is 0 Å². The average Bonchev–Trinajstić information content (AvgIpc) is 2.32. The molecule has 4 heteroatoms. The first-order chi connectivity index (χ1) is 8.17. The van der Waals surface area contributed by atoms with Crippen molar-refractivity contribution in [3.05, 3.63) is 28.8 Å². The Kier molecular flexibility index (Phi) is 5.82.